The summed E-state index contributed by atoms with van der Waals surface area (Å²) in [4.78, 5) is 14.5. The first kappa shape index (κ1) is 13.7. The SMILES string of the molecule is Cn1nc(I)c2c(Oc3ccc([N+](=O)[O-])cc3)ccnc21. The summed E-state index contributed by atoms with van der Waals surface area (Å²) in [5.74, 6) is 1.14. The predicted molar refractivity (Wildman–Crippen MR) is 84.4 cm³/mol. The van der Waals surface area contributed by atoms with Crippen molar-refractivity contribution in [3.63, 3.8) is 0 Å². The highest BCUT2D eigenvalue weighted by molar-refractivity contribution is 14.1. The average molecular weight is 396 g/mol. The van der Waals surface area contributed by atoms with Gasteiger partial charge in [0.15, 0.2) is 5.65 Å². The van der Waals surface area contributed by atoms with Gasteiger partial charge >= 0.3 is 0 Å². The summed E-state index contributed by atoms with van der Waals surface area (Å²) < 4.78 is 8.27. The smallest absolute Gasteiger partial charge is 0.269 e. The Kier molecular flexibility index (Phi) is 3.45. The van der Waals surface area contributed by atoms with E-state index >= 15 is 0 Å². The van der Waals surface area contributed by atoms with E-state index in [4.69, 9.17) is 4.74 Å². The first-order valence-electron chi connectivity index (χ1n) is 5.96. The zero-order chi connectivity index (χ0) is 15.0. The highest BCUT2D eigenvalue weighted by Gasteiger charge is 2.14. The molecule has 21 heavy (non-hydrogen) atoms. The van der Waals surface area contributed by atoms with Crippen LogP contribution >= 0.6 is 22.6 Å². The molecule has 7 nitrogen and oxygen atoms in total. The van der Waals surface area contributed by atoms with E-state index in [0.29, 0.717) is 11.5 Å². The van der Waals surface area contributed by atoms with E-state index < -0.39 is 4.92 Å². The molecular weight excluding hydrogens is 387 g/mol. The second-order valence-electron chi connectivity index (χ2n) is 4.28. The van der Waals surface area contributed by atoms with Gasteiger partial charge in [-0.2, -0.15) is 5.10 Å². The lowest BCUT2D eigenvalue weighted by molar-refractivity contribution is -0.384. The summed E-state index contributed by atoms with van der Waals surface area (Å²) in [7, 11) is 1.81. The maximum atomic E-state index is 10.6. The minimum absolute atomic E-state index is 0.0261. The summed E-state index contributed by atoms with van der Waals surface area (Å²) in [6.07, 6.45) is 1.64. The molecule has 0 unspecified atom stereocenters. The van der Waals surface area contributed by atoms with Crippen LogP contribution in [0.1, 0.15) is 0 Å². The highest BCUT2D eigenvalue weighted by Crippen LogP contribution is 2.32. The maximum absolute atomic E-state index is 10.6. The van der Waals surface area contributed by atoms with Crippen LogP contribution in [-0.4, -0.2) is 19.7 Å². The molecule has 2 heterocycles. The van der Waals surface area contributed by atoms with E-state index in [1.807, 2.05) is 7.05 Å². The first-order chi connectivity index (χ1) is 10.1. The molecule has 0 saturated carbocycles. The third-order valence-electron chi connectivity index (χ3n) is 2.92. The molecule has 0 aliphatic rings. The first-order valence-corrected chi connectivity index (χ1v) is 7.03. The summed E-state index contributed by atoms with van der Waals surface area (Å²) in [6.45, 7) is 0. The van der Waals surface area contributed by atoms with Crippen molar-refractivity contribution in [3.05, 3.63) is 50.3 Å². The normalized spacial score (nSPS) is 10.8. The van der Waals surface area contributed by atoms with E-state index in [0.717, 1.165) is 14.7 Å². The van der Waals surface area contributed by atoms with Gasteiger partial charge in [-0.05, 0) is 34.7 Å². The minimum Gasteiger partial charge on any atom is -0.456 e. The van der Waals surface area contributed by atoms with Gasteiger partial charge in [0.05, 0.1) is 10.3 Å². The fourth-order valence-corrected chi connectivity index (χ4v) is 2.78. The molecule has 0 amide bonds. The Bertz CT molecular complexity index is 829. The number of nitro groups is 1. The molecule has 0 bridgehead atoms. The number of non-ortho nitro benzene ring substituents is 1. The Hall–Kier alpha value is -2.23. The number of nitrogens with zero attached hydrogens (tertiary/aromatic N) is 4. The van der Waals surface area contributed by atoms with E-state index in [1.54, 1.807) is 29.1 Å². The number of rotatable bonds is 3. The molecule has 0 aliphatic carbocycles. The maximum Gasteiger partial charge on any atom is 0.269 e. The molecule has 106 valence electrons. The molecule has 3 aromatic rings. The number of nitro benzene ring substituents is 1. The summed E-state index contributed by atoms with van der Waals surface area (Å²) in [6, 6.07) is 7.68. The zero-order valence-electron chi connectivity index (χ0n) is 10.9. The van der Waals surface area contributed by atoms with Crippen LogP contribution in [0.4, 0.5) is 5.69 Å². The molecule has 8 heteroatoms. The Morgan fingerprint density at radius 2 is 2.00 bits per heavy atom. The molecule has 0 atom stereocenters. The van der Waals surface area contributed by atoms with Gasteiger partial charge in [0, 0.05) is 31.4 Å². The number of benzene rings is 1. The third-order valence-corrected chi connectivity index (χ3v) is 3.67. The Labute approximate surface area is 132 Å². The average Bonchev–Trinajstić information content (AvgIpc) is 2.76. The van der Waals surface area contributed by atoms with Crippen LogP contribution in [0, 0.1) is 13.8 Å². The number of halogens is 1. The largest absolute Gasteiger partial charge is 0.456 e. The lowest BCUT2D eigenvalue weighted by Gasteiger charge is -2.06. The van der Waals surface area contributed by atoms with Crippen molar-refractivity contribution < 1.29 is 9.66 Å². The van der Waals surface area contributed by atoms with Crippen LogP contribution in [0.5, 0.6) is 11.5 Å². The van der Waals surface area contributed by atoms with Gasteiger partial charge in [0.2, 0.25) is 0 Å². The monoisotopic (exact) mass is 396 g/mol. The minimum atomic E-state index is -0.446. The second-order valence-corrected chi connectivity index (χ2v) is 5.30. The number of fused-ring (bicyclic) bond motifs is 1. The van der Waals surface area contributed by atoms with Crippen molar-refractivity contribution in [3.8, 4) is 11.5 Å². The van der Waals surface area contributed by atoms with Gasteiger partial charge in [-0.1, -0.05) is 0 Å². The molecule has 0 radical (unpaired) electrons. The van der Waals surface area contributed by atoms with Gasteiger partial charge in [0.25, 0.3) is 5.69 Å². The van der Waals surface area contributed by atoms with Gasteiger partial charge < -0.3 is 4.74 Å². The second kappa shape index (κ2) is 5.28. The number of pyridine rings is 1. The van der Waals surface area contributed by atoms with E-state index in [1.165, 1.54) is 12.1 Å². The number of aryl methyl sites for hydroxylation is 1. The van der Waals surface area contributed by atoms with E-state index in [9.17, 15) is 10.1 Å². The molecule has 0 fully saturated rings. The Morgan fingerprint density at radius 1 is 1.29 bits per heavy atom. The van der Waals surface area contributed by atoms with Crippen LogP contribution in [0.3, 0.4) is 0 Å². The van der Waals surface area contributed by atoms with Crippen molar-refractivity contribution in [2.24, 2.45) is 7.05 Å². The fraction of sp³-hybridized carbons (Fsp3) is 0.0769. The number of aromatic nitrogens is 3. The molecule has 0 spiro atoms. The molecule has 2 aromatic heterocycles. The van der Waals surface area contributed by atoms with Gasteiger partial charge in [0.1, 0.15) is 15.2 Å². The molecule has 0 N–H and O–H groups in total. The number of hydrogen-bond acceptors (Lipinski definition) is 5. The predicted octanol–water partition coefficient (Wildman–Crippen LogP) is 3.27. The quantitative estimate of drug-likeness (QED) is 0.386. The lowest BCUT2D eigenvalue weighted by atomic mass is 10.3. The fourth-order valence-electron chi connectivity index (χ4n) is 1.95. The number of hydrogen-bond donors (Lipinski definition) is 0. The summed E-state index contributed by atoms with van der Waals surface area (Å²) in [5.41, 5.74) is 0.747. The highest BCUT2D eigenvalue weighted by atomic mass is 127. The van der Waals surface area contributed by atoms with Crippen molar-refractivity contribution in [2.45, 2.75) is 0 Å². The van der Waals surface area contributed by atoms with Crippen LogP contribution in [0.25, 0.3) is 11.0 Å². The third kappa shape index (κ3) is 2.53. The van der Waals surface area contributed by atoms with Gasteiger partial charge in [-0.15, -0.1) is 0 Å². The summed E-state index contributed by atoms with van der Waals surface area (Å²) in [5, 5.41) is 15.8. The van der Waals surface area contributed by atoms with Crippen LogP contribution in [0.2, 0.25) is 0 Å². The lowest BCUT2D eigenvalue weighted by Crippen LogP contribution is -1.92. The van der Waals surface area contributed by atoms with Crippen LogP contribution in [-0.2, 0) is 7.05 Å². The molecule has 0 aliphatic heterocycles. The van der Waals surface area contributed by atoms with E-state index in [-0.39, 0.29) is 5.69 Å². The molecular formula is C13H9IN4O3. The van der Waals surface area contributed by atoms with Crippen LogP contribution < -0.4 is 4.74 Å². The molecule has 3 rings (SSSR count). The van der Waals surface area contributed by atoms with Gasteiger partial charge in [-0.25, -0.2) is 9.67 Å². The Morgan fingerprint density at radius 3 is 2.67 bits per heavy atom. The van der Waals surface area contributed by atoms with Crippen molar-refractivity contribution in [1.82, 2.24) is 14.8 Å². The zero-order valence-corrected chi connectivity index (χ0v) is 13.0. The van der Waals surface area contributed by atoms with E-state index in [2.05, 4.69) is 32.7 Å². The number of ether oxygens (including phenoxy) is 1. The standard InChI is InChI=1S/C13H9IN4O3/c1-17-13-11(12(14)16-17)10(6-7-15-13)21-9-4-2-8(3-5-9)18(19)20/h2-7H,1H3. The van der Waals surface area contributed by atoms with Crippen LogP contribution in [0.15, 0.2) is 36.5 Å². The van der Waals surface area contributed by atoms with Crippen molar-refractivity contribution in [1.29, 1.82) is 0 Å². The topological polar surface area (TPSA) is 83.1 Å². The van der Waals surface area contributed by atoms with Crippen molar-refractivity contribution >= 4 is 39.3 Å². The van der Waals surface area contributed by atoms with Crippen molar-refractivity contribution in [2.75, 3.05) is 0 Å². The van der Waals surface area contributed by atoms with Gasteiger partial charge in [-0.3, -0.25) is 10.1 Å². The molecule has 1 aromatic carbocycles. The summed E-state index contributed by atoms with van der Waals surface area (Å²) >= 11 is 2.12. The molecule has 0 saturated heterocycles. The Balaban J connectivity index is 2.00.